The summed E-state index contributed by atoms with van der Waals surface area (Å²) >= 11 is 11.8. The Hall–Kier alpha value is -1.66. The van der Waals surface area contributed by atoms with E-state index in [4.69, 9.17) is 40.5 Å². The third-order valence-electron chi connectivity index (χ3n) is 2.06. The van der Waals surface area contributed by atoms with E-state index in [1.165, 1.54) is 0 Å². The molecule has 0 fully saturated rings. The summed E-state index contributed by atoms with van der Waals surface area (Å²) in [5.74, 6) is 6.08. The SMILES string of the molecule is Nc1c(Cl)cc(-c2nnc(N)n2N)cc1Cl. The van der Waals surface area contributed by atoms with Crippen molar-refractivity contribution in [3.63, 3.8) is 0 Å². The van der Waals surface area contributed by atoms with Gasteiger partial charge in [0, 0.05) is 5.56 Å². The van der Waals surface area contributed by atoms with Crippen molar-refractivity contribution >= 4 is 34.8 Å². The fourth-order valence-electron chi connectivity index (χ4n) is 1.21. The molecule has 0 saturated heterocycles. The topological polar surface area (TPSA) is 109 Å². The van der Waals surface area contributed by atoms with Gasteiger partial charge >= 0.3 is 0 Å². The van der Waals surface area contributed by atoms with Gasteiger partial charge in [-0.25, -0.2) is 4.68 Å². The standard InChI is InChI=1S/C8H8Cl2N6/c9-4-1-3(2-5(10)6(4)11)7-14-15-8(12)16(7)13/h1-2H,11,13H2,(H2,12,15). The van der Waals surface area contributed by atoms with Crippen molar-refractivity contribution in [2.75, 3.05) is 17.3 Å². The van der Waals surface area contributed by atoms with E-state index < -0.39 is 0 Å². The van der Waals surface area contributed by atoms with E-state index in [1.807, 2.05) is 0 Å². The molecule has 84 valence electrons. The predicted octanol–water partition coefficient (Wildman–Crippen LogP) is 1.13. The molecule has 0 aliphatic carbocycles. The van der Waals surface area contributed by atoms with Gasteiger partial charge in [0.2, 0.25) is 5.95 Å². The third kappa shape index (κ3) is 1.62. The summed E-state index contributed by atoms with van der Waals surface area (Å²) in [5, 5.41) is 8.07. The molecule has 0 aliphatic heterocycles. The molecule has 16 heavy (non-hydrogen) atoms. The molecule has 0 aliphatic rings. The van der Waals surface area contributed by atoms with Crippen LogP contribution in [0.2, 0.25) is 10.0 Å². The molecule has 0 bridgehead atoms. The lowest BCUT2D eigenvalue weighted by Gasteiger charge is -2.05. The number of anilines is 2. The molecule has 6 nitrogen and oxygen atoms in total. The highest BCUT2D eigenvalue weighted by atomic mass is 35.5. The zero-order valence-electron chi connectivity index (χ0n) is 7.98. The van der Waals surface area contributed by atoms with Crippen molar-refractivity contribution in [2.45, 2.75) is 0 Å². The highest BCUT2D eigenvalue weighted by Gasteiger charge is 2.12. The van der Waals surface area contributed by atoms with E-state index in [0.29, 0.717) is 27.1 Å². The lowest BCUT2D eigenvalue weighted by atomic mass is 10.2. The number of hydrogen-bond donors (Lipinski definition) is 3. The molecule has 1 heterocycles. The Labute approximate surface area is 101 Å². The first-order valence-electron chi connectivity index (χ1n) is 4.21. The summed E-state index contributed by atoms with van der Waals surface area (Å²) in [5.41, 5.74) is 12.0. The summed E-state index contributed by atoms with van der Waals surface area (Å²) in [6, 6.07) is 3.19. The van der Waals surface area contributed by atoms with E-state index in [2.05, 4.69) is 10.2 Å². The summed E-state index contributed by atoms with van der Waals surface area (Å²) in [6.07, 6.45) is 0. The molecule has 2 aromatic rings. The van der Waals surface area contributed by atoms with Gasteiger partial charge in [-0.3, -0.25) is 0 Å². The average molecular weight is 259 g/mol. The molecule has 6 N–H and O–H groups in total. The maximum atomic E-state index is 5.89. The van der Waals surface area contributed by atoms with Crippen molar-refractivity contribution in [3.05, 3.63) is 22.2 Å². The normalized spacial score (nSPS) is 10.6. The highest BCUT2D eigenvalue weighted by Crippen LogP contribution is 2.32. The Morgan fingerprint density at radius 3 is 2.06 bits per heavy atom. The van der Waals surface area contributed by atoms with Crippen LogP contribution in [0, 0.1) is 0 Å². The van der Waals surface area contributed by atoms with Crippen LogP contribution in [0.1, 0.15) is 0 Å². The van der Waals surface area contributed by atoms with Crippen molar-refractivity contribution in [3.8, 4) is 11.4 Å². The highest BCUT2D eigenvalue weighted by molar-refractivity contribution is 6.39. The molecule has 0 saturated carbocycles. The van der Waals surface area contributed by atoms with E-state index >= 15 is 0 Å². The first-order valence-corrected chi connectivity index (χ1v) is 4.97. The largest absolute Gasteiger partial charge is 0.396 e. The van der Waals surface area contributed by atoms with Crippen LogP contribution in [0.15, 0.2) is 12.1 Å². The average Bonchev–Trinajstić information content (AvgIpc) is 2.56. The van der Waals surface area contributed by atoms with E-state index in [0.717, 1.165) is 4.68 Å². The molecule has 0 atom stereocenters. The summed E-state index contributed by atoms with van der Waals surface area (Å²) in [7, 11) is 0. The lowest BCUT2D eigenvalue weighted by molar-refractivity contribution is 1.02. The first-order chi connectivity index (χ1) is 7.50. The smallest absolute Gasteiger partial charge is 0.241 e. The van der Waals surface area contributed by atoms with Crippen LogP contribution in [0.4, 0.5) is 11.6 Å². The van der Waals surface area contributed by atoms with Crippen LogP contribution in [-0.4, -0.2) is 14.9 Å². The molecule has 1 aromatic carbocycles. The quantitative estimate of drug-likeness (QED) is 0.525. The summed E-state index contributed by atoms with van der Waals surface area (Å²) in [6.45, 7) is 0. The fraction of sp³-hybridized carbons (Fsp3) is 0. The molecule has 0 spiro atoms. The molecular formula is C8H8Cl2N6. The Balaban J connectivity index is 2.61. The van der Waals surface area contributed by atoms with Crippen molar-refractivity contribution in [1.29, 1.82) is 0 Å². The Morgan fingerprint density at radius 2 is 1.62 bits per heavy atom. The maximum Gasteiger partial charge on any atom is 0.241 e. The third-order valence-corrected chi connectivity index (χ3v) is 2.68. The van der Waals surface area contributed by atoms with Gasteiger partial charge in [0.05, 0.1) is 15.7 Å². The summed E-state index contributed by atoms with van der Waals surface area (Å²) in [4.78, 5) is 0. The number of aromatic nitrogens is 3. The molecule has 2 rings (SSSR count). The fourth-order valence-corrected chi connectivity index (χ4v) is 1.70. The van der Waals surface area contributed by atoms with Crippen molar-refractivity contribution in [1.82, 2.24) is 14.9 Å². The van der Waals surface area contributed by atoms with Gasteiger partial charge in [-0.05, 0) is 12.1 Å². The first kappa shape index (κ1) is 10.8. The monoisotopic (exact) mass is 258 g/mol. The maximum absolute atomic E-state index is 5.89. The van der Waals surface area contributed by atoms with Gasteiger partial charge in [-0.15, -0.1) is 10.2 Å². The number of nitrogens with zero attached hydrogens (tertiary/aromatic N) is 3. The van der Waals surface area contributed by atoms with Gasteiger partial charge in [0.15, 0.2) is 5.82 Å². The van der Waals surface area contributed by atoms with Crippen molar-refractivity contribution in [2.24, 2.45) is 0 Å². The van der Waals surface area contributed by atoms with Crippen LogP contribution < -0.4 is 17.3 Å². The predicted molar refractivity (Wildman–Crippen MR) is 64.5 cm³/mol. The second-order valence-corrected chi connectivity index (χ2v) is 3.92. The minimum Gasteiger partial charge on any atom is -0.396 e. The van der Waals surface area contributed by atoms with Crippen molar-refractivity contribution < 1.29 is 0 Å². The Morgan fingerprint density at radius 1 is 1.06 bits per heavy atom. The van der Waals surface area contributed by atoms with Gasteiger partial charge in [0.25, 0.3) is 0 Å². The second kappa shape index (κ2) is 3.73. The van der Waals surface area contributed by atoms with Crippen LogP contribution >= 0.6 is 23.2 Å². The molecular weight excluding hydrogens is 251 g/mol. The Bertz CT molecular complexity index is 526. The van der Waals surface area contributed by atoms with Gasteiger partial charge in [-0.1, -0.05) is 23.2 Å². The van der Waals surface area contributed by atoms with E-state index in [1.54, 1.807) is 12.1 Å². The molecule has 8 heteroatoms. The van der Waals surface area contributed by atoms with Crippen LogP contribution in [-0.2, 0) is 0 Å². The molecule has 0 unspecified atom stereocenters. The van der Waals surface area contributed by atoms with Gasteiger partial charge in [-0.2, -0.15) is 0 Å². The van der Waals surface area contributed by atoms with Crippen LogP contribution in [0.25, 0.3) is 11.4 Å². The number of halogens is 2. The van der Waals surface area contributed by atoms with E-state index in [9.17, 15) is 0 Å². The number of nitrogens with two attached hydrogens (primary N) is 3. The number of nitrogen functional groups attached to an aromatic ring is 3. The molecule has 0 radical (unpaired) electrons. The zero-order valence-corrected chi connectivity index (χ0v) is 9.50. The lowest BCUT2D eigenvalue weighted by Crippen LogP contribution is -2.13. The van der Waals surface area contributed by atoms with Crippen LogP contribution in [0.5, 0.6) is 0 Å². The minimum absolute atomic E-state index is 0.0964. The zero-order chi connectivity index (χ0) is 11.9. The minimum atomic E-state index is 0.0964. The molecule has 0 amide bonds. The Kier molecular flexibility index (Phi) is 2.53. The summed E-state index contributed by atoms with van der Waals surface area (Å²) < 4.78 is 1.14. The van der Waals surface area contributed by atoms with Gasteiger partial charge in [0.1, 0.15) is 0 Å². The number of benzene rings is 1. The number of hydrogen-bond acceptors (Lipinski definition) is 5. The van der Waals surface area contributed by atoms with Crippen LogP contribution in [0.3, 0.4) is 0 Å². The van der Waals surface area contributed by atoms with E-state index in [-0.39, 0.29) is 5.95 Å². The van der Waals surface area contributed by atoms with Gasteiger partial charge < -0.3 is 17.3 Å². The number of rotatable bonds is 1. The molecule has 1 aromatic heterocycles. The second-order valence-electron chi connectivity index (χ2n) is 3.11.